The highest BCUT2D eigenvalue weighted by molar-refractivity contribution is 5.75. The Hall–Kier alpha value is -2.65. The van der Waals surface area contributed by atoms with Crippen LogP contribution >= 0.6 is 0 Å². The number of pyridine rings is 1. The van der Waals surface area contributed by atoms with Crippen molar-refractivity contribution in [3.05, 3.63) is 45.9 Å². The summed E-state index contributed by atoms with van der Waals surface area (Å²) in [6.07, 6.45) is -2.33. The van der Waals surface area contributed by atoms with Gasteiger partial charge in [0.15, 0.2) is 0 Å². The summed E-state index contributed by atoms with van der Waals surface area (Å²) >= 11 is 0. The van der Waals surface area contributed by atoms with E-state index in [-0.39, 0.29) is 12.5 Å². The van der Waals surface area contributed by atoms with Gasteiger partial charge in [0, 0.05) is 12.1 Å². The lowest BCUT2D eigenvalue weighted by molar-refractivity contribution is -0.160. The molecule has 0 N–H and O–H groups in total. The fourth-order valence-corrected chi connectivity index (χ4v) is 3.29. The largest absolute Gasteiger partial charge is 0.458 e. The number of fused-ring (bicyclic) bond motifs is 1. The van der Waals surface area contributed by atoms with Crippen molar-refractivity contribution < 1.29 is 22.7 Å². The van der Waals surface area contributed by atoms with E-state index in [0.717, 1.165) is 16.9 Å². The van der Waals surface area contributed by atoms with Gasteiger partial charge in [-0.1, -0.05) is 13.0 Å². The lowest BCUT2D eigenvalue weighted by atomic mass is 9.96. The molecule has 0 spiro atoms. The summed E-state index contributed by atoms with van der Waals surface area (Å²) in [5.41, 5.74) is -1.79. The van der Waals surface area contributed by atoms with Crippen molar-refractivity contribution in [2.45, 2.75) is 70.8 Å². The normalized spacial score (nSPS) is 19.7. The number of hydrogen-bond donors (Lipinski definition) is 0. The second-order valence-corrected chi connectivity index (χ2v) is 8.25. The van der Waals surface area contributed by atoms with Gasteiger partial charge < -0.3 is 4.74 Å². The van der Waals surface area contributed by atoms with Crippen molar-refractivity contribution in [3.8, 4) is 0 Å². The minimum Gasteiger partial charge on any atom is -0.458 e. The molecule has 0 fully saturated rings. The van der Waals surface area contributed by atoms with E-state index in [1.165, 1.54) is 10.6 Å². The van der Waals surface area contributed by atoms with Gasteiger partial charge in [0.25, 0.3) is 0 Å². The van der Waals surface area contributed by atoms with Crippen LogP contribution in [0.15, 0.2) is 23.1 Å². The van der Waals surface area contributed by atoms with E-state index in [1.54, 1.807) is 20.8 Å². The van der Waals surface area contributed by atoms with Crippen LogP contribution in [0.1, 0.15) is 69.6 Å². The van der Waals surface area contributed by atoms with E-state index in [0.29, 0.717) is 24.2 Å². The standard InChI is InChI=1S/C19H23F3N4O3/c1-11-5-7-13(16(27)29-18(2,3)4)26-15(11)24-25(17(26)28)10-12-6-8-14(23-9-12)19(20,21)22/h6,8-9,11,13H,5,7,10H2,1-4H3/t11-,13-/m1/s1. The fourth-order valence-electron chi connectivity index (χ4n) is 3.29. The quantitative estimate of drug-likeness (QED) is 0.723. The number of esters is 1. The maximum atomic E-state index is 12.9. The number of carbonyl (C=O) groups excluding carboxylic acids is 1. The summed E-state index contributed by atoms with van der Waals surface area (Å²) in [6, 6.07) is 1.35. The zero-order chi connectivity index (χ0) is 21.6. The molecule has 3 rings (SSSR count). The van der Waals surface area contributed by atoms with Crippen LogP contribution in [0.25, 0.3) is 0 Å². The van der Waals surface area contributed by atoms with Gasteiger partial charge in [-0.3, -0.25) is 9.55 Å². The van der Waals surface area contributed by atoms with Crippen LogP contribution in [-0.2, 0) is 22.3 Å². The average Bonchev–Trinajstić information content (AvgIpc) is 2.91. The zero-order valence-corrected chi connectivity index (χ0v) is 16.7. The Balaban J connectivity index is 1.91. The summed E-state index contributed by atoms with van der Waals surface area (Å²) in [4.78, 5) is 28.9. The first-order valence-electron chi connectivity index (χ1n) is 9.31. The number of ether oxygens (including phenoxy) is 1. The van der Waals surface area contributed by atoms with Gasteiger partial charge in [-0.25, -0.2) is 14.3 Å². The highest BCUT2D eigenvalue weighted by Crippen LogP contribution is 2.32. The molecular formula is C19H23F3N4O3. The van der Waals surface area contributed by atoms with Gasteiger partial charge in [-0.05, 0) is 45.2 Å². The Bertz CT molecular complexity index is 955. The van der Waals surface area contributed by atoms with Gasteiger partial charge in [0.05, 0.1) is 6.54 Å². The molecule has 0 aromatic carbocycles. The summed E-state index contributed by atoms with van der Waals surface area (Å²) in [7, 11) is 0. The van der Waals surface area contributed by atoms with E-state index in [4.69, 9.17) is 4.74 Å². The zero-order valence-electron chi connectivity index (χ0n) is 16.7. The maximum absolute atomic E-state index is 12.9. The molecule has 158 valence electrons. The Kier molecular flexibility index (Phi) is 5.31. The first-order chi connectivity index (χ1) is 13.4. The van der Waals surface area contributed by atoms with Gasteiger partial charge >= 0.3 is 17.8 Å². The van der Waals surface area contributed by atoms with Crippen LogP contribution in [-0.4, -0.2) is 30.9 Å². The van der Waals surface area contributed by atoms with Crippen molar-refractivity contribution in [2.75, 3.05) is 0 Å². The molecule has 2 atom stereocenters. The minimum absolute atomic E-state index is 0.0339. The first kappa shape index (κ1) is 21.1. The van der Waals surface area contributed by atoms with E-state index in [9.17, 15) is 22.8 Å². The third-order valence-corrected chi connectivity index (χ3v) is 4.65. The van der Waals surface area contributed by atoms with E-state index in [1.807, 2.05) is 6.92 Å². The lowest BCUT2D eigenvalue weighted by Gasteiger charge is -2.28. The van der Waals surface area contributed by atoms with Crippen LogP contribution in [0.4, 0.5) is 13.2 Å². The van der Waals surface area contributed by atoms with Gasteiger partial charge in [0.1, 0.15) is 23.2 Å². The van der Waals surface area contributed by atoms with Crippen molar-refractivity contribution in [1.82, 2.24) is 19.3 Å². The first-order valence-corrected chi connectivity index (χ1v) is 9.31. The lowest BCUT2D eigenvalue weighted by Crippen LogP contribution is -2.38. The maximum Gasteiger partial charge on any atom is 0.433 e. The van der Waals surface area contributed by atoms with Gasteiger partial charge in [-0.2, -0.15) is 18.3 Å². The molecule has 0 unspecified atom stereocenters. The van der Waals surface area contributed by atoms with E-state index >= 15 is 0 Å². The fraction of sp³-hybridized carbons (Fsp3) is 0.579. The predicted octanol–water partition coefficient (Wildman–Crippen LogP) is 3.29. The molecule has 0 saturated carbocycles. The van der Waals surface area contributed by atoms with Crippen molar-refractivity contribution >= 4 is 5.97 Å². The topological polar surface area (TPSA) is 79.0 Å². The highest BCUT2D eigenvalue weighted by Gasteiger charge is 2.36. The number of nitrogens with zero attached hydrogens (tertiary/aromatic N) is 4. The smallest absolute Gasteiger partial charge is 0.433 e. The van der Waals surface area contributed by atoms with Crippen molar-refractivity contribution in [3.63, 3.8) is 0 Å². The van der Waals surface area contributed by atoms with Crippen LogP contribution < -0.4 is 5.69 Å². The summed E-state index contributed by atoms with van der Waals surface area (Å²) in [5, 5.41) is 4.34. The molecule has 0 bridgehead atoms. The second-order valence-electron chi connectivity index (χ2n) is 8.25. The molecule has 10 heteroatoms. The molecule has 1 aliphatic rings. The summed E-state index contributed by atoms with van der Waals surface area (Å²) in [6.45, 7) is 7.12. The summed E-state index contributed by atoms with van der Waals surface area (Å²) < 4.78 is 45.9. The van der Waals surface area contributed by atoms with Crippen molar-refractivity contribution in [2.24, 2.45) is 0 Å². The predicted molar refractivity (Wildman–Crippen MR) is 97.4 cm³/mol. The number of hydrogen-bond acceptors (Lipinski definition) is 5. The Labute approximate surface area is 165 Å². The molecule has 0 amide bonds. The van der Waals surface area contributed by atoms with Gasteiger partial charge in [-0.15, -0.1) is 0 Å². The molecule has 2 aromatic rings. The number of aromatic nitrogens is 4. The molecule has 29 heavy (non-hydrogen) atoms. The van der Waals surface area contributed by atoms with Crippen molar-refractivity contribution in [1.29, 1.82) is 0 Å². The van der Waals surface area contributed by atoms with Crippen LogP contribution in [0.2, 0.25) is 0 Å². The molecule has 2 aromatic heterocycles. The van der Waals surface area contributed by atoms with E-state index < -0.39 is 35.2 Å². The molecular weight excluding hydrogens is 389 g/mol. The molecule has 3 heterocycles. The molecule has 1 aliphatic heterocycles. The van der Waals surface area contributed by atoms with E-state index in [2.05, 4.69) is 10.1 Å². The molecule has 0 aliphatic carbocycles. The molecule has 7 nitrogen and oxygen atoms in total. The van der Waals surface area contributed by atoms with Gasteiger partial charge in [0.2, 0.25) is 0 Å². The minimum atomic E-state index is -4.53. The Morgan fingerprint density at radius 2 is 1.93 bits per heavy atom. The average molecular weight is 412 g/mol. The third-order valence-electron chi connectivity index (χ3n) is 4.65. The number of rotatable bonds is 3. The monoisotopic (exact) mass is 412 g/mol. The summed E-state index contributed by atoms with van der Waals surface area (Å²) in [5.74, 6) is -0.0613. The second kappa shape index (κ2) is 7.31. The number of alkyl halides is 3. The van der Waals surface area contributed by atoms with Crippen LogP contribution in [0.3, 0.4) is 0 Å². The SMILES string of the molecule is C[C@@H]1CC[C@H](C(=O)OC(C)(C)C)n2c1nn(Cc1ccc(C(F)(F)F)nc1)c2=O. The number of halogens is 3. The molecule has 0 saturated heterocycles. The Morgan fingerprint density at radius 3 is 2.48 bits per heavy atom. The van der Waals surface area contributed by atoms with Crippen LogP contribution in [0.5, 0.6) is 0 Å². The Morgan fingerprint density at radius 1 is 1.24 bits per heavy atom. The number of carbonyl (C=O) groups is 1. The third kappa shape index (κ3) is 4.51. The molecule has 0 radical (unpaired) electrons. The van der Waals surface area contributed by atoms with Crippen LogP contribution in [0, 0.1) is 0 Å². The highest BCUT2D eigenvalue weighted by atomic mass is 19.4.